The molecule has 0 spiro atoms. The maximum atomic E-state index is 11.8. The summed E-state index contributed by atoms with van der Waals surface area (Å²) < 4.78 is 7.60. The highest BCUT2D eigenvalue weighted by molar-refractivity contribution is 7.79. The molecule has 2 aromatic rings. The van der Waals surface area contributed by atoms with E-state index in [2.05, 4.69) is 12.6 Å². The van der Waals surface area contributed by atoms with Crippen LogP contribution in [-0.2, 0) is 5.75 Å². The Hall–Kier alpha value is -1.68. The smallest absolute Gasteiger partial charge is 0.185 e. The van der Waals surface area contributed by atoms with Crippen LogP contribution in [0.2, 0.25) is 0 Å². The molecule has 2 rings (SSSR count). The van der Waals surface area contributed by atoms with Crippen molar-refractivity contribution in [1.82, 2.24) is 4.57 Å². The van der Waals surface area contributed by atoms with Crippen LogP contribution in [-0.4, -0.2) is 11.2 Å². The zero-order valence-corrected chi connectivity index (χ0v) is 12.0. The number of rotatable bonds is 4. The Kier molecular flexibility index (Phi) is 4.32. The van der Waals surface area contributed by atoms with Crippen molar-refractivity contribution in [2.24, 2.45) is 0 Å². The number of aromatic nitrogens is 1. The van der Waals surface area contributed by atoms with Crippen molar-refractivity contribution in [1.29, 1.82) is 0 Å². The molecule has 0 saturated heterocycles. The molecule has 0 radical (unpaired) electrons. The second kappa shape index (κ2) is 5.97. The average molecular weight is 275 g/mol. The van der Waals surface area contributed by atoms with Crippen molar-refractivity contribution < 1.29 is 4.74 Å². The fourth-order valence-electron chi connectivity index (χ4n) is 1.99. The lowest BCUT2D eigenvalue weighted by Crippen LogP contribution is -2.13. The zero-order chi connectivity index (χ0) is 13.8. The van der Waals surface area contributed by atoms with Gasteiger partial charge in [-0.05, 0) is 26.0 Å². The molecule has 100 valence electrons. The lowest BCUT2D eigenvalue weighted by Gasteiger charge is -2.16. The molecule has 0 unspecified atom stereocenters. The van der Waals surface area contributed by atoms with Gasteiger partial charge in [0, 0.05) is 29.3 Å². The fraction of sp³-hybridized carbons (Fsp3) is 0.267. The summed E-state index contributed by atoms with van der Waals surface area (Å²) in [5.74, 6) is 1.23. The SMILES string of the molecule is CCOc1ccccc1-n1cc(CS)c(=O)cc1C. The van der Waals surface area contributed by atoms with E-state index in [1.54, 1.807) is 6.07 Å². The van der Waals surface area contributed by atoms with E-state index < -0.39 is 0 Å². The largest absolute Gasteiger partial charge is 0.492 e. The maximum absolute atomic E-state index is 11.8. The lowest BCUT2D eigenvalue weighted by atomic mass is 10.2. The molecule has 3 nitrogen and oxygen atoms in total. The molecule has 1 aromatic heterocycles. The maximum Gasteiger partial charge on any atom is 0.185 e. The first kappa shape index (κ1) is 13.7. The van der Waals surface area contributed by atoms with Crippen LogP contribution in [0.1, 0.15) is 18.2 Å². The molecule has 1 aromatic carbocycles. The Balaban J connectivity index is 2.61. The summed E-state index contributed by atoms with van der Waals surface area (Å²) in [6, 6.07) is 9.43. The number of benzene rings is 1. The summed E-state index contributed by atoms with van der Waals surface area (Å²) in [5.41, 5.74) is 2.52. The summed E-state index contributed by atoms with van der Waals surface area (Å²) in [5, 5.41) is 0. The van der Waals surface area contributed by atoms with Gasteiger partial charge in [-0.15, -0.1) is 0 Å². The summed E-state index contributed by atoms with van der Waals surface area (Å²) in [7, 11) is 0. The molecular formula is C15H17NO2S. The van der Waals surface area contributed by atoms with Gasteiger partial charge in [-0.2, -0.15) is 12.6 Å². The minimum Gasteiger partial charge on any atom is -0.492 e. The van der Waals surface area contributed by atoms with Gasteiger partial charge in [-0.1, -0.05) is 12.1 Å². The first-order valence-electron chi connectivity index (χ1n) is 6.22. The normalized spacial score (nSPS) is 10.5. The first-order chi connectivity index (χ1) is 9.17. The Bertz CT molecular complexity index is 634. The Morgan fingerprint density at radius 1 is 1.32 bits per heavy atom. The van der Waals surface area contributed by atoms with Crippen LogP contribution >= 0.6 is 12.6 Å². The van der Waals surface area contributed by atoms with E-state index in [4.69, 9.17) is 4.74 Å². The molecule has 0 saturated carbocycles. The zero-order valence-electron chi connectivity index (χ0n) is 11.1. The molecule has 0 bridgehead atoms. The monoisotopic (exact) mass is 275 g/mol. The molecule has 1 heterocycles. The molecule has 0 amide bonds. The van der Waals surface area contributed by atoms with E-state index in [0.717, 1.165) is 17.1 Å². The van der Waals surface area contributed by atoms with Gasteiger partial charge in [0.25, 0.3) is 0 Å². The van der Waals surface area contributed by atoms with E-state index in [0.29, 0.717) is 17.9 Å². The summed E-state index contributed by atoms with van der Waals surface area (Å²) in [6.45, 7) is 4.47. The number of hydrogen-bond acceptors (Lipinski definition) is 3. The Morgan fingerprint density at radius 3 is 2.74 bits per heavy atom. The minimum absolute atomic E-state index is 0.0256. The molecule has 0 fully saturated rings. The number of para-hydroxylation sites is 2. The Morgan fingerprint density at radius 2 is 2.05 bits per heavy atom. The summed E-state index contributed by atoms with van der Waals surface area (Å²) >= 11 is 4.20. The third kappa shape index (κ3) is 2.84. The van der Waals surface area contributed by atoms with E-state index in [1.165, 1.54) is 0 Å². The molecule has 0 aliphatic carbocycles. The quantitative estimate of drug-likeness (QED) is 0.870. The third-order valence-electron chi connectivity index (χ3n) is 2.92. The molecule has 0 N–H and O–H groups in total. The van der Waals surface area contributed by atoms with Gasteiger partial charge >= 0.3 is 0 Å². The number of hydrogen-bond donors (Lipinski definition) is 1. The highest BCUT2D eigenvalue weighted by Gasteiger charge is 2.08. The van der Waals surface area contributed by atoms with Crippen molar-refractivity contribution in [3.63, 3.8) is 0 Å². The van der Waals surface area contributed by atoms with Crippen LogP contribution in [0, 0.1) is 6.92 Å². The highest BCUT2D eigenvalue weighted by Crippen LogP contribution is 2.23. The predicted octanol–water partition coefficient (Wildman–Crippen LogP) is 2.97. The van der Waals surface area contributed by atoms with E-state index in [-0.39, 0.29) is 5.43 Å². The summed E-state index contributed by atoms with van der Waals surface area (Å²) in [4.78, 5) is 11.8. The van der Waals surface area contributed by atoms with Crippen LogP contribution in [0.5, 0.6) is 5.75 Å². The third-order valence-corrected chi connectivity index (χ3v) is 3.26. The van der Waals surface area contributed by atoms with Crippen LogP contribution in [0.3, 0.4) is 0 Å². The molecule has 0 atom stereocenters. The van der Waals surface area contributed by atoms with E-state index >= 15 is 0 Å². The van der Waals surface area contributed by atoms with Crippen molar-refractivity contribution >= 4 is 12.6 Å². The number of aryl methyl sites for hydroxylation is 1. The van der Waals surface area contributed by atoms with Crippen LogP contribution < -0.4 is 10.2 Å². The minimum atomic E-state index is 0.0256. The topological polar surface area (TPSA) is 31.2 Å². The van der Waals surface area contributed by atoms with Gasteiger partial charge in [0.05, 0.1) is 12.3 Å². The van der Waals surface area contributed by atoms with E-state index in [1.807, 2.05) is 48.9 Å². The molecule has 0 aliphatic rings. The lowest BCUT2D eigenvalue weighted by molar-refractivity contribution is 0.339. The van der Waals surface area contributed by atoms with Crippen LogP contribution in [0.15, 0.2) is 41.3 Å². The highest BCUT2D eigenvalue weighted by atomic mass is 32.1. The molecular weight excluding hydrogens is 258 g/mol. The number of thiol groups is 1. The number of nitrogens with zero attached hydrogens (tertiary/aromatic N) is 1. The molecule has 0 aliphatic heterocycles. The molecule has 4 heteroatoms. The van der Waals surface area contributed by atoms with Gasteiger partial charge < -0.3 is 9.30 Å². The second-order valence-corrected chi connectivity index (χ2v) is 4.55. The van der Waals surface area contributed by atoms with Gasteiger partial charge in [-0.25, -0.2) is 0 Å². The van der Waals surface area contributed by atoms with Gasteiger partial charge in [0.15, 0.2) is 5.43 Å². The fourth-order valence-corrected chi connectivity index (χ4v) is 2.22. The standard InChI is InChI=1S/C15H17NO2S/c1-3-18-15-7-5-4-6-13(15)16-9-12(10-19)14(17)8-11(16)2/h4-9,19H,3,10H2,1-2H3. The van der Waals surface area contributed by atoms with Gasteiger partial charge in [0.2, 0.25) is 0 Å². The average Bonchev–Trinajstić information content (AvgIpc) is 2.40. The summed E-state index contributed by atoms with van der Waals surface area (Å²) in [6.07, 6.45) is 1.84. The van der Waals surface area contributed by atoms with Crippen molar-refractivity contribution in [2.75, 3.05) is 6.61 Å². The van der Waals surface area contributed by atoms with Crippen LogP contribution in [0.25, 0.3) is 5.69 Å². The van der Waals surface area contributed by atoms with Crippen molar-refractivity contribution in [3.05, 3.63) is 58.0 Å². The van der Waals surface area contributed by atoms with E-state index in [9.17, 15) is 4.79 Å². The first-order valence-corrected chi connectivity index (χ1v) is 6.86. The predicted molar refractivity (Wildman–Crippen MR) is 80.6 cm³/mol. The second-order valence-electron chi connectivity index (χ2n) is 4.23. The number of ether oxygens (including phenoxy) is 1. The Labute approximate surface area is 118 Å². The van der Waals surface area contributed by atoms with Crippen molar-refractivity contribution in [2.45, 2.75) is 19.6 Å². The number of pyridine rings is 1. The molecule has 19 heavy (non-hydrogen) atoms. The van der Waals surface area contributed by atoms with Crippen molar-refractivity contribution in [3.8, 4) is 11.4 Å². The van der Waals surface area contributed by atoms with Gasteiger partial charge in [-0.3, -0.25) is 4.79 Å². The van der Waals surface area contributed by atoms with Gasteiger partial charge in [0.1, 0.15) is 5.75 Å². The van der Waals surface area contributed by atoms with Crippen LogP contribution in [0.4, 0.5) is 0 Å².